The number of amides is 2. The maximum absolute atomic E-state index is 12.4. The van der Waals surface area contributed by atoms with Crippen LogP contribution in [0.5, 0.6) is 0 Å². The van der Waals surface area contributed by atoms with Gasteiger partial charge in [-0.05, 0) is 30.3 Å². The third-order valence-electron chi connectivity index (χ3n) is 4.51. The fourth-order valence-corrected chi connectivity index (χ4v) is 3.07. The molecule has 142 valence electrons. The van der Waals surface area contributed by atoms with E-state index in [0.29, 0.717) is 17.8 Å². The number of hydrogen-bond acceptors (Lipinski definition) is 5. The van der Waals surface area contributed by atoms with Crippen LogP contribution in [0.1, 0.15) is 10.4 Å². The topological polar surface area (TPSA) is 68.8 Å². The highest BCUT2D eigenvalue weighted by molar-refractivity contribution is 5.97. The van der Waals surface area contributed by atoms with E-state index in [2.05, 4.69) is 20.1 Å². The summed E-state index contributed by atoms with van der Waals surface area (Å²) in [6, 6.07) is 12.9. The van der Waals surface area contributed by atoms with Gasteiger partial charge in [-0.25, -0.2) is 4.98 Å². The number of benzene rings is 1. The van der Waals surface area contributed by atoms with Gasteiger partial charge in [0.05, 0.1) is 6.54 Å². The van der Waals surface area contributed by atoms with E-state index < -0.39 is 0 Å². The summed E-state index contributed by atoms with van der Waals surface area (Å²) in [5.74, 6) is 0.816. The molecular formula is C20H25N5O2. The quantitative estimate of drug-likeness (QED) is 0.868. The minimum absolute atomic E-state index is 0.0734. The number of carbonyl (C=O) groups excluding carboxylic acids is 2. The normalized spacial score (nSPS) is 14.7. The second-order valence-corrected chi connectivity index (χ2v) is 6.78. The molecule has 1 aromatic heterocycles. The summed E-state index contributed by atoms with van der Waals surface area (Å²) in [6.45, 7) is 3.64. The average Bonchev–Trinajstić information content (AvgIpc) is 2.68. The molecule has 0 unspecified atom stereocenters. The smallest absolute Gasteiger partial charge is 0.253 e. The third kappa shape index (κ3) is 5.04. The minimum atomic E-state index is -0.0863. The highest BCUT2D eigenvalue weighted by atomic mass is 16.2. The Morgan fingerprint density at radius 2 is 1.85 bits per heavy atom. The predicted molar refractivity (Wildman–Crippen MR) is 106 cm³/mol. The molecule has 1 aromatic carbocycles. The summed E-state index contributed by atoms with van der Waals surface area (Å²) in [4.78, 5) is 34.7. The van der Waals surface area contributed by atoms with Crippen molar-refractivity contribution in [3.63, 3.8) is 0 Å². The number of carbonyl (C=O) groups is 2. The molecule has 2 aromatic rings. The zero-order valence-corrected chi connectivity index (χ0v) is 15.8. The van der Waals surface area contributed by atoms with Gasteiger partial charge >= 0.3 is 0 Å². The van der Waals surface area contributed by atoms with Gasteiger partial charge in [-0.1, -0.05) is 12.1 Å². The standard InChI is InChI=1S/C20H25N5O2/c1-23(2)20(27)16-6-5-7-17(14-16)22-19(26)15-24-10-12-25(13-11-24)18-8-3-4-9-21-18/h3-9,14H,10-13,15H2,1-2H3,(H,22,26). The Morgan fingerprint density at radius 3 is 2.52 bits per heavy atom. The number of rotatable bonds is 5. The van der Waals surface area contributed by atoms with Crippen molar-refractivity contribution in [3.8, 4) is 0 Å². The van der Waals surface area contributed by atoms with Crippen LogP contribution < -0.4 is 10.2 Å². The van der Waals surface area contributed by atoms with Crippen molar-refractivity contribution in [2.75, 3.05) is 57.0 Å². The molecule has 0 saturated carbocycles. The lowest BCUT2D eigenvalue weighted by Crippen LogP contribution is -2.48. The summed E-state index contributed by atoms with van der Waals surface area (Å²) >= 11 is 0. The molecule has 1 aliphatic heterocycles. The second-order valence-electron chi connectivity index (χ2n) is 6.78. The number of piperazine rings is 1. The number of nitrogens with zero attached hydrogens (tertiary/aromatic N) is 4. The first-order chi connectivity index (χ1) is 13.0. The van der Waals surface area contributed by atoms with Gasteiger partial charge in [-0.15, -0.1) is 0 Å². The highest BCUT2D eigenvalue weighted by Crippen LogP contribution is 2.14. The van der Waals surface area contributed by atoms with Crippen molar-refractivity contribution >= 4 is 23.3 Å². The molecule has 1 N–H and O–H groups in total. The maximum atomic E-state index is 12.4. The van der Waals surface area contributed by atoms with Crippen molar-refractivity contribution < 1.29 is 9.59 Å². The third-order valence-corrected chi connectivity index (χ3v) is 4.51. The first-order valence-electron chi connectivity index (χ1n) is 9.03. The van der Waals surface area contributed by atoms with E-state index in [-0.39, 0.29) is 11.8 Å². The maximum Gasteiger partial charge on any atom is 0.253 e. The van der Waals surface area contributed by atoms with Gasteiger partial charge in [0.1, 0.15) is 5.82 Å². The van der Waals surface area contributed by atoms with Gasteiger partial charge in [-0.2, -0.15) is 0 Å². The van der Waals surface area contributed by atoms with Gasteiger partial charge < -0.3 is 15.1 Å². The summed E-state index contributed by atoms with van der Waals surface area (Å²) in [5, 5.41) is 2.89. The van der Waals surface area contributed by atoms with Crippen LogP contribution in [0.4, 0.5) is 11.5 Å². The molecule has 0 bridgehead atoms. The molecule has 7 heteroatoms. The fraction of sp³-hybridized carbons (Fsp3) is 0.350. The molecule has 1 saturated heterocycles. The van der Waals surface area contributed by atoms with Crippen LogP contribution in [0.3, 0.4) is 0 Å². The first-order valence-corrected chi connectivity index (χ1v) is 9.03. The Kier molecular flexibility index (Phi) is 6.03. The lowest BCUT2D eigenvalue weighted by Gasteiger charge is -2.34. The van der Waals surface area contributed by atoms with Crippen LogP contribution in [0.2, 0.25) is 0 Å². The summed E-state index contributed by atoms with van der Waals surface area (Å²) in [6.07, 6.45) is 1.80. The number of pyridine rings is 1. The van der Waals surface area contributed by atoms with E-state index in [1.54, 1.807) is 44.6 Å². The molecule has 2 amide bonds. The minimum Gasteiger partial charge on any atom is -0.354 e. The molecule has 1 aliphatic rings. The lowest BCUT2D eigenvalue weighted by molar-refractivity contribution is -0.117. The fourth-order valence-electron chi connectivity index (χ4n) is 3.07. The van der Waals surface area contributed by atoms with Crippen molar-refractivity contribution in [1.82, 2.24) is 14.8 Å². The van der Waals surface area contributed by atoms with Crippen LogP contribution >= 0.6 is 0 Å². The Bertz CT molecular complexity index is 786. The van der Waals surface area contributed by atoms with Crippen molar-refractivity contribution in [3.05, 3.63) is 54.2 Å². The lowest BCUT2D eigenvalue weighted by atomic mass is 10.2. The Hall–Kier alpha value is -2.93. The van der Waals surface area contributed by atoms with Crippen LogP contribution in [-0.2, 0) is 4.79 Å². The van der Waals surface area contributed by atoms with E-state index in [0.717, 1.165) is 32.0 Å². The number of aromatic nitrogens is 1. The van der Waals surface area contributed by atoms with Crippen LogP contribution in [-0.4, -0.2) is 73.4 Å². The van der Waals surface area contributed by atoms with Crippen LogP contribution in [0.25, 0.3) is 0 Å². The van der Waals surface area contributed by atoms with E-state index in [1.807, 2.05) is 18.2 Å². The van der Waals surface area contributed by atoms with Gasteiger partial charge in [0.15, 0.2) is 0 Å². The van der Waals surface area contributed by atoms with E-state index >= 15 is 0 Å². The van der Waals surface area contributed by atoms with Crippen molar-refractivity contribution in [2.45, 2.75) is 0 Å². The van der Waals surface area contributed by atoms with Gasteiger partial charge in [0.2, 0.25) is 5.91 Å². The first kappa shape index (κ1) is 18.8. The van der Waals surface area contributed by atoms with Crippen molar-refractivity contribution in [2.24, 2.45) is 0 Å². The molecule has 2 heterocycles. The molecule has 0 atom stereocenters. The summed E-state index contributed by atoms with van der Waals surface area (Å²) < 4.78 is 0. The van der Waals surface area contributed by atoms with E-state index in [1.165, 1.54) is 4.90 Å². The Morgan fingerprint density at radius 1 is 1.07 bits per heavy atom. The zero-order valence-electron chi connectivity index (χ0n) is 15.8. The van der Waals surface area contributed by atoms with Gasteiger partial charge in [0, 0.05) is 57.7 Å². The predicted octanol–water partition coefficient (Wildman–Crippen LogP) is 1.54. The summed E-state index contributed by atoms with van der Waals surface area (Å²) in [7, 11) is 3.41. The molecule has 0 aliphatic carbocycles. The van der Waals surface area contributed by atoms with Crippen LogP contribution in [0.15, 0.2) is 48.7 Å². The summed E-state index contributed by atoms with van der Waals surface area (Å²) in [5.41, 5.74) is 1.20. The second kappa shape index (κ2) is 8.64. The largest absolute Gasteiger partial charge is 0.354 e. The number of hydrogen-bond donors (Lipinski definition) is 1. The SMILES string of the molecule is CN(C)C(=O)c1cccc(NC(=O)CN2CCN(c3ccccn3)CC2)c1. The van der Waals surface area contributed by atoms with Crippen LogP contribution in [0, 0.1) is 0 Å². The molecule has 3 rings (SSSR count). The van der Waals surface area contributed by atoms with E-state index in [4.69, 9.17) is 0 Å². The molecule has 0 radical (unpaired) electrons. The average molecular weight is 367 g/mol. The van der Waals surface area contributed by atoms with E-state index in [9.17, 15) is 9.59 Å². The molecule has 1 fully saturated rings. The van der Waals surface area contributed by atoms with Gasteiger partial charge in [-0.3, -0.25) is 14.5 Å². The van der Waals surface area contributed by atoms with Gasteiger partial charge in [0.25, 0.3) is 5.91 Å². The molecule has 27 heavy (non-hydrogen) atoms. The molecule has 0 spiro atoms. The molecule has 7 nitrogen and oxygen atoms in total. The zero-order chi connectivity index (χ0) is 19.2. The number of nitrogens with one attached hydrogen (secondary N) is 1. The number of anilines is 2. The highest BCUT2D eigenvalue weighted by Gasteiger charge is 2.20. The Balaban J connectivity index is 1.50. The Labute approximate surface area is 159 Å². The monoisotopic (exact) mass is 367 g/mol. The molecular weight excluding hydrogens is 342 g/mol. The van der Waals surface area contributed by atoms with Crippen molar-refractivity contribution in [1.29, 1.82) is 0 Å².